The van der Waals surface area contributed by atoms with Crippen molar-refractivity contribution in [2.24, 2.45) is 0 Å². The van der Waals surface area contributed by atoms with Crippen molar-refractivity contribution in [3.05, 3.63) is 64.1 Å². The molecule has 0 saturated heterocycles. The van der Waals surface area contributed by atoms with Crippen LogP contribution in [0, 0.1) is 6.92 Å². The largest absolute Gasteiger partial charge is 0.475 e. The van der Waals surface area contributed by atoms with Crippen LogP contribution in [0.5, 0.6) is 5.75 Å². The smallest absolute Gasteiger partial charge is 0.266 e. The molecule has 114 valence electrons. The van der Waals surface area contributed by atoms with Crippen molar-refractivity contribution < 1.29 is 9.53 Å². The summed E-state index contributed by atoms with van der Waals surface area (Å²) < 4.78 is 6.87. The van der Waals surface area contributed by atoms with Crippen LogP contribution in [0.25, 0.3) is 0 Å². The molecule has 0 unspecified atom stereocenters. The highest BCUT2D eigenvalue weighted by atomic mass is 79.9. The molecule has 0 bridgehead atoms. The van der Waals surface area contributed by atoms with Crippen LogP contribution in [-0.4, -0.2) is 11.9 Å². The fourth-order valence-corrected chi connectivity index (χ4v) is 2.82. The maximum Gasteiger partial charge on any atom is 0.266 e. The molecule has 4 heteroatoms. The number of hydrogen-bond acceptors (Lipinski definition) is 2. The molecular weight excluding hydrogens is 342 g/mol. The lowest BCUT2D eigenvalue weighted by atomic mass is 10.1. The van der Waals surface area contributed by atoms with Gasteiger partial charge in [0, 0.05) is 11.6 Å². The van der Waals surface area contributed by atoms with E-state index in [0.29, 0.717) is 11.8 Å². The van der Waals surface area contributed by atoms with Crippen molar-refractivity contribution in [1.82, 2.24) is 5.32 Å². The predicted octanol–water partition coefficient (Wildman–Crippen LogP) is 4.16. The molecule has 0 spiro atoms. The van der Waals surface area contributed by atoms with Crippen molar-refractivity contribution in [1.29, 1.82) is 0 Å². The zero-order valence-electron chi connectivity index (χ0n) is 12.4. The Bertz CT molecular complexity index is 668. The number of amides is 1. The van der Waals surface area contributed by atoms with Gasteiger partial charge in [-0.2, -0.15) is 0 Å². The maximum absolute atomic E-state index is 12.5. The van der Waals surface area contributed by atoms with Gasteiger partial charge in [-0.25, -0.2) is 0 Å². The zero-order valence-corrected chi connectivity index (χ0v) is 14.0. The summed E-state index contributed by atoms with van der Waals surface area (Å²) in [6, 6.07) is 15.8. The SMILES string of the molecule is Cc1ccc(O[C@@H](C(=O)NC2CC2)c2ccccc2)c(Br)c1. The van der Waals surface area contributed by atoms with E-state index in [4.69, 9.17) is 4.74 Å². The third kappa shape index (κ3) is 3.69. The summed E-state index contributed by atoms with van der Waals surface area (Å²) in [5.41, 5.74) is 1.99. The summed E-state index contributed by atoms with van der Waals surface area (Å²) >= 11 is 3.50. The highest BCUT2D eigenvalue weighted by Gasteiger charge is 2.29. The lowest BCUT2D eigenvalue weighted by Crippen LogP contribution is -2.33. The quantitative estimate of drug-likeness (QED) is 0.870. The van der Waals surface area contributed by atoms with Gasteiger partial charge in [-0.3, -0.25) is 4.79 Å². The fraction of sp³-hybridized carbons (Fsp3) is 0.278. The second-order valence-corrected chi connectivity index (χ2v) is 6.48. The minimum Gasteiger partial charge on any atom is -0.475 e. The predicted molar refractivity (Wildman–Crippen MR) is 89.9 cm³/mol. The molecule has 0 radical (unpaired) electrons. The first-order chi connectivity index (χ1) is 10.6. The topological polar surface area (TPSA) is 38.3 Å². The molecule has 0 aromatic heterocycles. The van der Waals surface area contributed by atoms with E-state index in [1.807, 2.05) is 55.5 Å². The van der Waals surface area contributed by atoms with Crippen LogP contribution < -0.4 is 10.1 Å². The van der Waals surface area contributed by atoms with Gasteiger partial charge in [0.2, 0.25) is 6.10 Å². The first-order valence-electron chi connectivity index (χ1n) is 7.41. The Balaban J connectivity index is 1.85. The minimum atomic E-state index is -0.638. The Morgan fingerprint density at radius 3 is 2.59 bits per heavy atom. The summed E-state index contributed by atoms with van der Waals surface area (Å²) in [7, 11) is 0. The Morgan fingerprint density at radius 1 is 1.23 bits per heavy atom. The first-order valence-corrected chi connectivity index (χ1v) is 8.21. The number of aryl methyl sites for hydroxylation is 1. The molecule has 1 saturated carbocycles. The van der Waals surface area contributed by atoms with Crippen LogP contribution in [0.4, 0.5) is 0 Å². The van der Waals surface area contributed by atoms with Crippen molar-refractivity contribution in [2.45, 2.75) is 31.9 Å². The number of carbonyl (C=O) groups excluding carboxylic acids is 1. The van der Waals surface area contributed by atoms with E-state index in [9.17, 15) is 4.79 Å². The number of hydrogen-bond donors (Lipinski definition) is 1. The van der Waals surface area contributed by atoms with E-state index in [-0.39, 0.29) is 5.91 Å². The lowest BCUT2D eigenvalue weighted by Gasteiger charge is -2.20. The molecule has 1 fully saturated rings. The van der Waals surface area contributed by atoms with Crippen molar-refractivity contribution in [3.63, 3.8) is 0 Å². The van der Waals surface area contributed by atoms with E-state index in [1.165, 1.54) is 0 Å². The van der Waals surface area contributed by atoms with Crippen LogP contribution in [0.15, 0.2) is 53.0 Å². The van der Waals surface area contributed by atoms with E-state index in [2.05, 4.69) is 21.2 Å². The molecule has 0 heterocycles. The van der Waals surface area contributed by atoms with Crippen LogP contribution in [0.1, 0.15) is 30.1 Å². The molecule has 1 N–H and O–H groups in total. The van der Waals surface area contributed by atoms with Crippen LogP contribution in [0.2, 0.25) is 0 Å². The van der Waals surface area contributed by atoms with E-state index < -0.39 is 6.10 Å². The Labute approximate surface area is 138 Å². The van der Waals surface area contributed by atoms with Crippen molar-refractivity contribution in [3.8, 4) is 5.75 Å². The third-order valence-corrected chi connectivity index (χ3v) is 4.22. The molecule has 1 aliphatic carbocycles. The summed E-state index contributed by atoms with van der Waals surface area (Å²) in [5, 5.41) is 3.02. The average molecular weight is 360 g/mol. The van der Waals surface area contributed by atoms with Crippen molar-refractivity contribution >= 4 is 21.8 Å². The van der Waals surface area contributed by atoms with Gasteiger partial charge in [0.15, 0.2) is 0 Å². The molecule has 3 rings (SSSR count). The fourth-order valence-electron chi connectivity index (χ4n) is 2.23. The van der Waals surface area contributed by atoms with Gasteiger partial charge in [0.05, 0.1) is 4.47 Å². The van der Waals surface area contributed by atoms with E-state index >= 15 is 0 Å². The summed E-state index contributed by atoms with van der Waals surface area (Å²) in [4.78, 5) is 12.5. The number of rotatable bonds is 5. The summed E-state index contributed by atoms with van der Waals surface area (Å²) in [6.45, 7) is 2.02. The maximum atomic E-state index is 12.5. The second kappa shape index (κ2) is 6.53. The summed E-state index contributed by atoms with van der Waals surface area (Å²) in [5.74, 6) is 0.589. The van der Waals surface area contributed by atoms with E-state index in [1.54, 1.807) is 0 Å². The standard InChI is InChI=1S/C18H18BrNO2/c1-12-7-10-16(15(19)11-12)22-17(13-5-3-2-4-6-13)18(21)20-14-8-9-14/h2-7,10-11,14,17H,8-9H2,1H3,(H,20,21)/t17-/m1/s1. The highest BCUT2D eigenvalue weighted by molar-refractivity contribution is 9.10. The molecule has 2 aromatic rings. The van der Waals surface area contributed by atoms with E-state index in [0.717, 1.165) is 28.4 Å². The third-order valence-electron chi connectivity index (χ3n) is 3.60. The molecule has 1 atom stereocenters. The Kier molecular flexibility index (Phi) is 4.48. The molecule has 3 nitrogen and oxygen atoms in total. The van der Waals surface area contributed by atoms with Gasteiger partial charge in [0.1, 0.15) is 5.75 Å². The van der Waals surface area contributed by atoms with Gasteiger partial charge in [-0.05, 0) is 53.4 Å². The molecule has 1 aliphatic rings. The highest BCUT2D eigenvalue weighted by Crippen LogP contribution is 2.31. The van der Waals surface area contributed by atoms with Crippen LogP contribution in [0.3, 0.4) is 0 Å². The minimum absolute atomic E-state index is 0.0822. The lowest BCUT2D eigenvalue weighted by molar-refractivity contribution is -0.128. The number of carbonyl (C=O) groups is 1. The number of halogens is 1. The average Bonchev–Trinajstić information content (AvgIpc) is 3.31. The molecular formula is C18H18BrNO2. The Hall–Kier alpha value is -1.81. The Morgan fingerprint density at radius 2 is 1.95 bits per heavy atom. The first kappa shape index (κ1) is 15.1. The monoisotopic (exact) mass is 359 g/mol. The van der Waals surface area contributed by atoms with Crippen LogP contribution in [-0.2, 0) is 4.79 Å². The van der Waals surface area contributed by atoms with Gasteiger partial charge in [-0.15, -0.1) is 0 Å². The van der Waals surface area contributed by atoms with Gasteiger partial charge in [0.25, 0.3) is 5.91 Å². The van der Waals surface area contributed by atoms with Gasteiger partial charge < -0.3 is 10.1 Å². The zero-order chi connectivity index (χ0) is 15.5. The van der Waals surface area contributed by atoms with Gasteiger partial charge in [-0.1, -0.05) is 36.4 Å². The number of ether oxygens (including phenoxy) is 1. The molecule has 1 amide bonds. The number of benzene rings is 2. The van der Waals surface area contributed by atoms with Crippen molar-refractivity contribution in [2.75, 3.05) is 0 Å². The second-order valence-electron chi connectivity index (χ2n) is 5.63. The molecule has 2 aromatic carbocycles. The molecule has 0 aliphatic heterocycles. The van der Waals surface area contributed by atoms with Crippen LogP contribution >= 0.6 is 15.9 Å². The summed E-state index contributed by atoms with van der Waals surface area (Å²) in [6.07, 6.45) is 1.48. The van der Waals surface area contributed by atoms with Gasteiger partial charge >= 0.3 is 0 Å². The normalized spacial score (nSPS) is 15.2. The molecule has 22 heavy (non-hydrogen) atoms. The number of nitrogens with one attached hydrogen (secondary N) is 1.